The van der Waals surface area contributed by atoms with Gasteiger partial charge in [-0.25, -0.2) is 4.79 Å². The van der Waals surface area contributed by atoms with Crippen LogP contribution in [0.15, 0.2) is 59.8 Å². The Balaban J connectivity index is 2.06. The molecule has 3 rings (SSSR count). The third kappa shape index (κ3) is 3.68. The highest BCUT2D eigenvalue weighted by Crippen LogP contribution is 2.35. The lowest BCUT2D eigenvalue weighted by Crippen LogP contribution is -2.48. The fourth-order valence-corrected chi connectivity index (χ4v) is 3.58. The van der Waals surface area contributed by atoms with Gasteiger partial charge in [-0.05, 0) is 37.6 Å². The maximum Gasteiger partial charge on any atom is 0.322 e. The van der Waals surface area contributed by atoms with Gasteiger partial charge in [-0.2, -0.15) is 0 Å². The molecular formula is C21H22ClN3O3. The van der Waals surface area contributed by atoms with Crippen molar-refractivity contribution >= 4 is 29.2 Å². The lowest BCUT2D eigenvalue weighted by atomic mass is 9.94. The van der Waals surface area contributed by atoms with Crippen molar-refractivity contribution in [3.05, 3.63) is 70.4 Å². The molecule has 28 heavy (non-hydrogen) atoms. The first-order valence-corrected chi connectivity index (χ1v) is 9.33. The zero-order valence-electron chi connectivity index (χ0n) is 16.0. The van der Waals surface area contributed by atoms with Gasteiger partial charge < -0.3 is 15.4 Å². The van der Waals surface area contributed by atoms with Gasteiger partial charge in [0.05, 0.1) is 24.4 Å². The van der Waals surface area contributed by atoms with E-state index in [9.17, 15) is 9.59 Å². The molecule has 0 saturated carbocycles. The van der Waals surface area contributed by atoms with Crippen LogP contribution in [0.4, 0.5) is 10.5 Å². The maximum absolute atomic E-state index is 13.3. The van der Waals surface area contributed by atoms with E-state index in [-0.39, 0.29) is 11.9 Å². The summed E-state index contributed by atoms with van der Waals surface area (Å²) >= 11 is 6.36. The van der Waals surface area contributed by atoms with Crippen molar-refractivity contribution in [3.63, 3.8) is 0 Å². The predicted octanol–water partition coefficient (Wildman–Crippen LogP) is 4.35. The van der Waals surface area contributed by atoms with Crippen LogP contribution in [-0.4, -0.2) is 30.5 Å². The molecular weight excluding hydrogens is 378 g/mol. The highest BCUT2D eigenvalue weighted by atomic mass is 35.5. The van der Waals surface area contributed by atoms with E-state index in [2.05, 4.69) is 10.6 Å². The number of nitrogens with zero attached hydrogens (tertiary/aromatic N) is 1. The zero-order valence-corrected chi connectivity index (χ0v) is 16.7. The largest absolute Gasteiger partial charge is 0.495 e. The number of carbonyl (C=O) groups excluding carboxylic acids is 2. The van der Waals surface area contributed by atoms with Gasteiger partial charge in [-0.15, -0.1) is 0 Å². The molecule has 1 atom stereocenters. The van der Waals surface area contributed by atoms with Crippen molar-refractivity contribution in [1.29, 1.82) is 0 Å². The highest BCUT2D eigenvalue weighted by molar-refractivity contribution is 6.31. The first-order chi connectivity index (χ1) is 13.5. The Morgan fingerprint density at radius 3 is 2.57 bits per heavy atom. The molecule has 3 amide bonds. The van der Waals surface area contributed by atoms with Gasteiger partial charge in [0.1, 0.15) is 5.75 Å². The van der Waals surface area contributed by atoms with Crippen molar-refractivity contribution < 1.29 is 14.3 Å². The lowest BCUT2D eigenvalue weighted by Gasteiger charge is -2.35. The minimum absolute atomic E-state index is 0.265. The normalized spacial score (nSPS) is 16.6. The summed E-state index contributed by atoms with van der Waals surface area (Å²) in [5.74, 6) is 0.223. The SMILES string of the molecule is CCN1C(=O)N[C@@H](c2ccccc2Cl)C(C(=O)Nc2ccccc2OC)=C1C. The van der Waals surface area contributed by atoms with E-state index >= 15 is 0 Å². The molecule has 1 aliphatic heterocycles. The van der Waals surface area contributed by atoms with Crippen LogP contribution >= 0.6 is 11.6 Å². The molecule has 0 aromatic heterocycles. The molecule has 146 valence electrons. The summed E-state index contributed by atoms with van der Waals surface area (Å²) in [6.07, 6.45) is 0. The van der Waals surface area contributed by atoms with Gasteiger partial charge in [-0.1, -0.05) is 41.9 Å². The molecule has 1 aliphatic rings. The number of anilines is 1. The molecule has 2 aromatic carbocycles. The minimum Gasteiger partial charge on any atom is -0.495 e. The van der Waals surface area contributed by atoms with E-state index in [1.807, 2.05) is 25.1 Å². The fraction of sp³-hybridized carbons (Fsp3) is 0.238. The molecule has 0 bridgehead atoms. The van der Waals surface area contributed by atoms with Gasteiger partial charge in [0.25, 0.3) is 5.91 Å². The first-order valence-electron chi connectivity index (χ1n) is 8.95. The second-order valence-corrected chi connectivity index (χ2v) is 6.71. The van der Waals surface area contributed by atoms with Gasteiger partial charge in [-0.3, -0.25) is 9.69 Å². The van der Waals surface area contributed by atoms with Gasteiger partial charge >= 0.3 is 6.03 Å². The summed E-state index contributed by atoms with van der Waals surface area (Å²) in [5, 5.41) is 6.28. The third-order valence-corrected chi connectivity index (χ3v) is 5.07. The van der Waals surface area contributed by atoms with Crippen molar-refractivity contribution in [1.82, 2.24) is 10.2 Å². The Labute approximate surface area is 169 Å². The smallest absolute Gasteiger partial charge is 0.322 e. The number of allylic oxidation sites excluding steroid dienone is 1. The molecule has 0 spiro atoms. The van der Waals surface area contributed by atoms with Crippen LogP contribution in [0.25, 0.3) is 0 Å². The average molecular weight is 400 g/mol. The Morgan fingerprint density at radius 1 is 1.21 bits per heavy atom. The van der Waals surface area contributed by atoms with Crippen LogP contribution in [0.1, 0.15) is 25.5 Å². The van der Waals surface area contributed by atoms with Crippen LogP contribution in [-0.2, 0) is 4.79 Å². The summed E-state index contributed by atoms with van der Waals surface area (Å²) in [4.78, 5) is 27.3. The van der Waals surface area contributed by atoms with Crippen molar-refractivity contribution in [2.24, 2.45) is 0 Å². The third-order valence-electron chi connectivity index (χ3n) is 4.73. The Morgan fingerprint density at radius 2 is 1.89 bits per heavy atom. The number of benzene rings is 2. The monoisotopic (exact) mass is 399 g/mol. The van der Waals surface area contributed by atoms with E-state index in [1.165, 1.54) is 4.90 Å². The molecule has 0 fully saturated rings. The zero-order chi connectivity index (χ0) is 20.3. The van der Waals surface area contributed by atoms with Gasteiger partial charge in [0.2, 0.25) is 0 Å². The Hall–Kier alpha value is -2.99. The number of amides is 3. The second-order valence-electron chi connectivity index (χ2n) is 6.30. The highest BCUT2D eigenvalue weighted by Gasteiger charge is 2.36. The summed E-state index contributed by atoms with van der Waals surface area (Å²) in [5.41, 5.74) is 2.23. The molecule has 1 heterocycles. The second kappa shape index (κ2) is 8.35. The average Bonchev–Trinajstić information content (AvgIpc) is 2.68. The van der Waals surface area contributed by atoms with Crippen LogP contribution in [0.5, 0.6) is 5.75 Å². The summed E-state index contributed by atoms with van der Waals surface area (Å²) < 4.78 is 5.32. The molecule has 2 aromatic rings. The van der Waals surface area contributed by atoms with Gasteiger partial charge in [0.15, 0.2) is 0 Å². The number of para-hydroxylation sites is 2. The molecule has 7 heteroatoms. The van der Waals surface area contributed by atoms with E-state index in [0.717, 1.165) is 0 Å². The Kier molecular flexibility index (Phi) is 5.90. The van der Waals surface area contributed by atoms with E-state index < -0.39 is 6.04 Å². The number of methoxy groups -OCH3 is 1. The maximum atomic E-state index is 13.3. The Bertz CT molecular complexity index is 942. The summed E-state index contributed by atoms with van der Waals surface area (Å²) in [7, 11) is 1.54. The van der Waals surface area contributed by atoms with E-state index in [1.54, 1.807) is 44.4 Å². The van der Waals surface area contributed by atoms with E-state index in [0.29, 0.717) is 39.8 Å². The number of nitrogens with one attached hydrogen (secondary N) is 2. The molecule has 6 nitrogen and oxygen atoms in total. The van der Waals surface area contributed by atoms with Crippen LogP contribution in [0.3, 0.4) is 0 Å². The first kappa shape index (κ1) is 19.8. The fourth-order valence-electron chi connectivity index (χ4n) is 3.34. The quantitative estimate of drug-likeness (QED) is 0.785. The molecule has 0 aliphatic carbocycles. The summed E-state index contributed by atoms with van der Waals surface area (Å²) in [6, 6.07) is 13.4. The number of carbonyl (C=O) groups is 2. The van der Waals surface area contributed by atoms with Crippen LogP contribution in [0.2, 0.25) is 5.02 Å². The molecule has 0 radical (unpaired) electrons. The number of ether oxygens (including phenoxy) is 1. The molecule has 0 unspecified atom stereocenters. The molecule has 0 saturated heterocycles. The lowest BCUT2D eigenvalue weighted by molar-refractivity contribution is -0.113. The van der Waals surface area contributed by atoms with E-state index in [4.69, 9.17) is 16.3 Å². The van der Waals surface area contributed by atoms with Gasteiger partial charge in [0, 0.05) is 17.3 Å². The minimum atomic E-state index is -0.654. The van der Waals surface area contributed by atoms with Crippen molar-refractivity contribution in [2.45, 2.75) is 19.9 Å². The number of rotatable bonds is 5. The van der Waals surface area contributed by atoms with Crippen molar-refractivity contribution in [2.75, 3.05) is 19.0 Å². The number of hydrogen-bond acceptors (Lipinski definition) is 3. The van der Waals surface area contributed by atoms with Crippen LogP contribution < -0.4 is 15.4 Å². The number of hydrogen-bond donors (Lipinski definition) is 2. The standard InChI is InChI=1S/C21H22ClN3O3/c1-4-25-13(2)18(20(26)23-16-11-7-8-12-17(16)28-3)19(24-21(25)27)14-9-5-6-10-15(14)22/h5-12,19H,4H2,1-3H3,(H,23,26)(H,24,27)/t19-/m0/s1. The van der Waals surface area contributed by atoms with Crippen LogP contribution in [0, 0.1) is 0 Å². The number of urea groups is 1. The topological polar surface area (TPSA) is 70.7 Å². The summed E-state index contributed by atoms with van der Waals surface area (Å²) in [6.45, 7) is 4.07. The molecule has 2 N–H and O–H groups in total. The van der Waals surface area contributed by atoms with Crippen molar-refractivity contribution in [3.8, 4) is 5.75 Å². The predicted molar refractivity (Wildman–Crippen MR) is 109 cm³/mol. The number of halogens is 1.